The number of aryl methyl sites for hydroxylation is 2. The minimum atomic E-state index is 0.716. The predicted octanol–water partition coefficient (Wildman–Crippen LogP) is 2.60. The van der Waals surface area contributed by atoms with E-state index in [1.807, 2.05) is 35.7 Å². The van der Waals surface area contributed by atoms with Gasteiger partial charge in [-0.2, -0.15) is 0 Å². The van der Waals surface area contributed by atoms with Crippen molar-refractivity contribution in [3.8, 4) is 11.4 Å². The van der Waals surface area contributed by atoms with Crippen LogP contribution < -0.4 is 5.73 Å². The minimum absolute atomic E-state index is 0.716. The van der Waals surface area contributed by atoms with Crippen LogP contribution in [-0.2, 0) is 0 Å². The number of rotatable bonds is 1. The molecule has 0 spiro atoms. The summed E-state index contributed by atoms with van der Waals surface area (Å²) in [5.41, 5.74) is 10.7. The molecule has 0 aliphatic rings. The summed E-state index contributed by atoms with van der Waals surface area (Å²) in [6.45, 7) is 4.05. The first-order valence-electron chi connectivity index (χ1n) is 5.83. The van der Waals surface area contributed by atoms with Gasteiger partial charge in [0.05, 0.1) is 0 Å². The number of nitrogens with zero attached hydrogens (tertiary/aromatic N) is 3. The summed E-state index contributed by atoms with van der Waals surface area (Å²) in [6.07, 6.45) is 1.86. The monoisotopic (exact) mass is 238 g/mol. The Labute approximate surface area is 105 Å². The number of fused-ring (bicyclic) bond motifs is 1. The van der Waals surface area contributed by atoms with Gasteiger partial charge in [0.15, 0.2) is 11.5 Å². The molecule has 2 aromatic heterocycles. The Morgan fingerprint density at radius 1 is 1.11 bits per heavy atom. The number of anilines is 1. The number of nitrogen functional groups attached to an aromatic ring is 1. The highest BCUT2D eigenvalue weighted by molar-refractivity contribution is 5.64. The first-order chi connectivity index (χ1) is 8.65. The molecule has 0 bridgehead atoms. The molecule has 4 nitrogen and oxygen atoms in total. The summed E-state index contributed by atoms with van der Waals surface area (Å²) >= 11 is 0. The fourth-order valence-corrected chi connectivity index (χ4v) is 2.16. The smallest absolute Gasteiger partial charge is 0.168 e. The van der Waals surface area contributed by atoms with Gasteiger partial charge in [-0.1, -0.05) is 23.8 Å². The fraction of sp³-hybridized carbons (Fsp3) is 0.143. The van der Waals surface area contributed by atoms with Crippen molar-refractivity contribution < 1.29 is 0 Å². The molecule has 90 valence electrons. The fourth-order valence-electron chi connectivity index (χ4n) is 2.16. The molecular weight excluding hydrogens is 224 g/mol. The van der Waals surface area contributed by atoms with Gasteiger partial charge in [0.2, 0.25) is 0 Å². The van der Waals surface area contributed by atoms with Crippen LogP contribution in [0, 0.1) is 13.8 Å². The highest BCUT2D eigenvalue weighted by Crippen LogP contribution is 2.22. The summed E-state index contributed by atoms with van der Waals surface area (Å²) in [5.74, 6) is 0.823. The van der Waals surface area contributed by atoms with Gasteiger partial charge in [-0.15, -0.1) is 10.2 Å². The van der Waals surface area contributed by atoms with Crippen LogP contribution in [0.15, 0.2) is 36.5 Å². The highest BCUT2D eigenvalue weighted by Gasteiger charge is 2.10. The first-order valence-corrected chi connectivity index (χ1v) is 5.83. The zero-order valence-electron chi connectivity index (χ0n) is 10.4. The van der Waals surface area contributed by atoms with E-state index in [9.17, 15) is 0 Å². The third kappa shape index (κ3) is 1.62. The number of pyridine rings is 1. The van der Waals surface area contributed by atoms with Gasteiger partial charge in [-0.25, -0.2) is 0 Å². The second-order valence-electron chi connectivity index (χ2n) is 4.54. The average Bonchev–Trinajstić information content (AvgIpc) is 2.72. The molecule has 3 aromatic rings. The van der Waals surface area contributed by atoms with Crippen LogP contribution in [0.4, 0.5) is 5.69 Å². The Kier molecular flexibility index (Phi) is 2.30. The second-order valence-corrected chi connectivity index (χ2v) is 4.54. The van der Waals surface area contributed by atoms with Crippen LogP contribution >= 0.6 is 0 Å². The number of hydrogen-bond donors (Lipinski definition) is 1. The Hall–Kier alpha value is -2.36. The molecule has 1 aromatic carbocycles. The lowest BCUT2D eigenvalue weighted by Gasteiger charge is -2.04. The molecule has 4 heteroatoms. The van der Waals surface area contributed by atoms with Gasteiger partial charge < -0.3 is 5.73 Å². The van der Waals surface area contributed by atoms with E-state index < -0.39 is 0 Å². The van der Waals surface area contributed by atoms with Crippen molar-refractivity contribution in [1.82, 2.24) is 14.6 Å². The summed E-state index contributed by atoms with van der Waals surface area (Å²) < 4.78 is 1.94. The van der Waals surface area contributed by atoms with Gasteiger partial charge in [-0.05, 0) is 31.5 Å². The van der Waals surface area contributed by atoms with Crippen LogP contribution in [0.1, 0.15) is 11.1 Å². The van der Waals surface area contributed by atoms with E-state index in [4.69, 9.17) is 5.73 Å². The van der Waals surface area contributed by atoms with Crippen LogP contribution in [0.3, 0.4) is 0 Å². The van der Waals surface area contributed by atoms with Crippen molar-refractivity contribution in [3.05, 3.63) is 47.7 Å². The largest absolute Gasteiger partial charge is 0.398 e. The van der Waals surface area contributed by atoms with E-state index in [2.05, 4.69) is 29.3 Å². The molecule has 0 fully saturated rings. The maximum absolute atomic E-state index is 5.88. The molecular formula is C14H14N4. The SMILES string of the molecule is Cc1cccc(-c2nnc3c(C)cc(N)cn23)c1. The summed E-state index contributed by atoms with van der Waals surface area (Å²) in [7, 11) is 0. The Morgan fingerprint density at radius 3 is 2.72 bits per heavy atom. The van der Waals surface area contributed by atoms with E-state index in [1.54, 1.807) is 0 Å². The molecule has 0 atom stereocenters. The van der Waals surface area contributed by atoms with Gasteiger partial charge in [0, 0.05) is 17.4 Å². The van der Waals surface area contributed by atoms with Crippen molar-refractivity contribution in [2.75, 3.05) is 5.73 Å². The normalized spacial score (nSPS) is 11.0. The summed E-state index contributed by atoms with van der Waals surface area (Å²) in [6, 6.07) is 10.1. The Morgan fingerprint density at radius 2 is 1.94 bits per heavy atom. The van der Waals surface area contributed by atoms with E-state index in [0.29, 0.717) is 5.69 Å². The topological polar surface area (TPSA) is 56.2 Å². The molecule has 3 rings (SSSR count). The van der Waals surface area contributed by atoms with Crippen molar-refractivity contribution in [2.45, 2.75) is 13.8 Å². The lowest BCUT2D eigenvalue weighted by atomic mass is 10.1. The van der Waals surface area contributed by atoms with Gasteiger partial charge in [0.1, 0.15) is 0 Å². The first kappa shape index (κ1) is 10.8. The van der Waals surface area contributed by atoms with E-state index >= 15 is 0 Å². The van der Waals surface area contributed by atoms with Crippen LogP contribution in [0.2, 0.25) is 0 Å². The van der Waals surface area contributed by atoms with Crippen molar-refractivity contribution in [2.24, 2.45) is 0 Å². The van der Waals surface area contributed by atoms with Crippen molar-refractivity contribution >= 4 is 11.3 Å². The number of aromatic nitrogens is 3. The average molecular weight is 238 g/mol. The van der Waals surface area contributed by atoms with Gasteiger partial charge in [0.25, 0.3) is 0 Å². The van der Waals surface area contributed by atoms with Crippen molar-refractivity contribution in [1.29, 1.82) is 0 Å². The van der Waals surface area contributed by atoms with Crippen molar-refractivity contribution in [3.63, 3.8) is 0 Å². The molecule has 0 aliphatic heterocycles. The second kappa shape index (κ2) is 3.84. The summed E-state index contributed by atoms with van der Waals surface area (Å²) in [5, 5.41) is 8.49. The van der Waals surface area contributed by atoms with Crippen LogP contribution in [0.25, 0.3) is 17.0 Å². The van der Waals surface area contributed by atoms with E-state index in [1.165, 1.54) is 5.56 Å². The quantitative estimate of drug-likeness (QED) is 0.709. The highest BCUT2D eigenvalue weighted by atomic mass is 15.2. The zero-order chi connectivity index (χ0) is 12.7. The maximum Gasteiger partial charge on any atom is 0.168 e. The zero-order valence-corrected chi connectivity index (χ0v) is 10.4. The molecule has 2 heterocycles. The molecule has 0 unspecified atom stereocenters. The maximum atomic E-state index is 5.88. The molecule has 0 aliphatic carbocycles. The molecule has 0 saturated heterocycles. The Bertz CT molecular complexity index is 728. The van der Waals surface area contributed by atoms with Crippen LogP contribution in [0.5, 0.6) is 0 Å². The lowest BCUT2D eigenvalue weighted by molar-refractivity contribution is 1.11. The predicted molar refractivity (Wildman–Crippen MR) is 72.3 cm³/mol. The standard InChI is InChI=1S/C14H14N4/c1-9-4-3-5-11(6-9)14-17-16-13-10(2)7-12(15)8-18(13)14/h3-8H,15H2,1-2H3. The lowest BCUT2D eigenvalue weighted by Crippen LogP contribution is -1.95. The number of benzene rings is 1. The molecule has 2 N–H and O–H groups in total. The molecule has 0 amide bonds. The minimum Gasteiger partial charge on any atom is -0.398 e. The van der Waals surface area contributed by atoms with Crippen LogP contribution in [-0.4, -0.2) is 14.6 Å². The van der Waals surface area contributed by atoms with Gasteiger partial charge >= 0.3 is 0 Å². The number of nitrogens with two attached hydrogens (primary N) is 1. The number of hydrogen-bond acceptors (Lipinski definition) is 3. The molecule has 18 heavy (non-hydrogen) atoms. The third-order valence-corrected chi connectivity index (χ3v) is 2.99. The van der Waals surface area contributed by atoms with E-state index in [-0.39, 0.29) is 0 Å². The summed E-state index contributed by atoms with van der Waals surface area (Å²) in [4.78, 5) is 0. The molecule has 0 saturated carbocycles. The van der Waals surface area contributed by atoms with E-state index in [0.717, 1.165) is 22.6 Å². The molecule has 0 radical (unpaired) electrons. The Balaban J connectivity index is 2.30. The van der Waals surface area contributed by atoms with Gasteiger partial charge in [-0.3, -0.25) is 4.40 Å². The third-order valence-electron chi connectivity index (χ3n) is 2.99.